The van der Waals surface area contributed by atoms with Gasteiger partial charge in [-0.25, -0.2) is 4.98 Å². The number of alkyl halides is 3. The van der Waals surface area contributed by atoms with Crippen LogP contribution >= 0.6 is 11.3 Å². The Bertz CT molecular complexity index is 1420. The van der Waals surface area contributed by atoms with Gasteiger partial charge in [-0.3, -0.25) is 19.0 Å². The number of nitrogens with two attached hydrogens (primary N) is 1. The van der Waals surface area contributed by atoms with Crippen molar-refractivity contribution in [2.24, 2.45) is 5.73 Å². The highest BCUT2D eigenvalue weighted by Gasteiger charge is 2.35. The molecule has 0 unspecified atom stereocenters. The molecule has 0 saturated heterocycles. The molecule has 0 radical (unpaired) electrons. The molecule has 0 bridgehead atoms. The molecule has 0 aliphatic heterocycles. The van der Waals surface area contributed by atoms with E-state index >= 15 is 0 Å². The molecule has 2 amide bonds. The molecular formula is C21H20F3N7O2S. The third-order valence-electron chi connectivity index (χ3n) is 5.22. The minimum Gasteiger partial charge on any atom is -0.365 e. The number of halogens is 3. The summed E-state index contributed by atoms with van der Waals surface area (Å²) < 4.78 is 44.1. The molecule has 4 aromatic rings. The van der Waals surface area contributed by atoms with Crippen LogP contribution in [0.3, 0.4) is 0 Å². The Labute approximate surface area is 195 Å². The molecule has 0 fully saturated rings. The van der Waals surface area contributed by atoms with Gasteiger partial charge >= 0.3 is 6.18 Å². The first-order valence-corrected chi connectivity index (χ1v) is 11.1. The molecule has 0 aliphatic rings. The van der Waals surface area contributed by atoms with E-state index in [0.29, 0.717) is 35.7 Å². The molecule has 0 saturated carbocycles. The summed E-state index contributed by atoms with van der Waals surface area (Å²) in [4.78, 5) is 28.8. The van der Waals surface area contributed by atoms with E-state index in [4.69, 9.17) is 5.73 Å². The van der Waals surface area contributed by atoms with Crippen molar-refractivity contribution < 1.29 is 22.8 Å². The lowest BCUT2D eigenvalue weighted by Crippen LogP contribution is -2.20. The van der Waals surface area contributed by atoms with Crippen LogP contribution in [0.25, 0.3) is 21.3 Å². The van der Waals surface area contributed by atoms with Crippen molar-refractivity contribution in [1.29, 1.82) is 0 Å². The summed E-state index contributed by atoms with van der Waals surface area (Å²) in [6.07, 6.45) is -1.67. The molecule has 9 nitrogen and oxygen atoms in total. The molecule has 178 valence electrons. The van der Waals surface area contributed by atoms with Crippen LogP contribution < -0.4 is 11.1 Å². The minimum atomic E-state index is -4.73. The van der Waals surface area contributed by atoms with Crippen molar-refractivity contribution in [3.63, 3.8) is 0 Å². The van der Waals surface area contributed by atoms with Gasteiger partial charge in [-0.15, -0.1) is 11.3 Å². The lowest BCUT2D eigenvalue weighted by molar-refractivity contribution is -0.140. The van der Waals surface area contributed by atoms with E-state index in [-0.39, 0.29) is 32.0 Å². The number of thiophene rings is 1. The third-order valence-corrected chi connectivity index (χ3v) is 6.32. The Kier molecular flexibility index (Phi) is 5.89. The van der Waals surface area contributed by atoms with Crippen LogP contribution in [0.1, 0.15) is 45.4 Å². The molecule has 0 aromatic carbocycles. The molecular weight excluding hydrogens is 471 g/mol. The van der Waals surface area contributed by atoms with Crippen molar-refractivity contribution >= 4 is 39.1 Å². The first-order chi connectivity index (χ1) is 16.0. The summed E-state index contributed by atoms with van der Waals surface area (Å²) in [6, 6.07) is 2.39. The zero-order valence-corrected chi connectivity index (χ0v) is 19.2. The molecule has 13 heteroatoms. The van der Waals surface area contributed by atoms with E-state index < -0.39 is 23.7 Å². The minimum absolute atomic E-state index is 0.00114. The van der Waals surface area contributed by atoms with Crippen LogP contribution in [-0.2, 0) is 19.3 Å². The maximum absolute atomic E-state index is 13.7. The zero-order chi connectivity index (χ0) is 24.8. The van der Waals surface area contributed by atoms with Crippen LogP contribution in [0.4, 0.5) is 18.9 Å². The Balaban J connectivity index is 2.01. The maximum atomic E-state index is 13.7. The number of fused-ring (bicyclic) bond motifs is 1. The molecule has 4 aromatic heterocycles. The summed E-state index contributed by atoms with van der Waals surface area (Å²) in [5.41, 5.74) is 5.66. The number of nitrogens with one attached hydrogen (secondary N) is 1. The van der Waals surface area contributed by atoms with Gasteiger partial charge in [0.05, 0.1) is 11.4 Å². The van der Waals surface area contributed by atoms with Gasteiger partial charge in [-0.05, 0) is 38.5 Å². The number of carbonyl (C=O) groups excluding carboxylic acids is 2. The van der Waals surface area contributed by atoms with Crippen molar-refractivity contribution in [3.05, 3.63) is 46.5 Å². The number of carbonyl (C=O) groups is 2. The number of aryl methyl sites for hydroxylation is 3. The van der Waals surface area contributed by atoms with Gasteiger partial charge in [0.2, 0.25) is 0 Å². The number of rotatable bonds is 6. The van der Waals surface area contributed by atoms with Gasteiger partial charge in [0.15, 0.2) is 0 Å². The Morgan fingerprint density at radius 1 is 1.21 bits per heavy atom. The Hall–Kier alpha value is -3.74. The largest absolute Gasteiger partial charge is 0.433 e. The van der Waals surface area contributed by atoms with E-state index in [0.717, 1.165) is 6.07 Å². The van der Waals surface area contributed by atoms with E-state index in [9.17, 15) is 22.8 Å². The predicted molar refractivity (Wildman–Crippen MR) is 121 cm³/mol. The van der Waals surface area contributed by atoms with E-state index in [1.807, 2.05) is 6.92 Å². The number of hydrogen-bond acceptors (Lipinski definition) is 6. The average molecular weight is 491 g/mol. The summed E-state index contributed by atoms with van der Waals surface area (Å²) in [7, 11) is 0. The zero-order valence-electron chi connectivity index (χ0n) is 18.4. The van der Waals surface area contributed by atoms with Gasteiger partial charge in [0.1, 0.15) is 21.1 Å². The number of amides is 2. The molecule has 3 N–H and O–H groups in total. The van der Waals surface area contributed by atoms with E-state index in [2.05, 4.69) is 20.5 Å². The number of primary amides is 1. The molecule has 0 aliphatic carbocycles. The highest BCUT2D eigenvalue weighted by molar-refractivity contribution is 7.21. The van der Waals surface area contributed by atoms with Crippen molar-refractivity contribution in [2.45, 2.75) is 40.0 Å². The lowest BCUT2D eigenvalue weighted by atomic mass is 10.0. The smallest absolute Gasteiger partial charge is 0.365 e. The highest BCUT2D eigenvalue weighted by atomic mass is 32.1. The van der Waals surface area contributed by atoms with Crippen LogP contribution in [-0.4, -0.2) is 36.4 Å². The molecule has 34 heavy (non-hydrogen) atoms. The second-order valence-corrected chi connectivity index (χ2v) is 8.37. The molecule has 0 spiro atoms. The molecule has 4 rings (SSSR count). The van der Waals surface area contributed by atoms with Gasteiger partial charge in [0, 0.05) is 36.4 Å². The SMILES string of the molecule is CCn1cc(-c2cc(C(F)(F)F)nc3sc(C(N)=O)c(NC(=O)c4ccnn4CC)c23)c(C)n1. The fraction of sp³-hybridized carbons (Fsp3) is 0.286. The number of pyridine rings is 1. The Morgan fingerprint density at radius 2 is 1.94 bits per heavy atom. The van der Waals surface area contributed by atoms with Crippen LogP contribution in [0.5, 0.6) is 0 Å². The fourth-order valence-corrected chi connectivity index (χ4v) is 4.66. The highest BCUT2D eigenvalue weighted by Crippen LogP contribution is 2.44. The number of aromatic nitrogens is 5. The number of hydrogen-bond donors (Lipinski definition) is 2. The lowest BCUT2D eigenvalue weighted by Gasteiger charge is -2.12. The fourth-order valence-electron chi connectivity index (χ4n) is 3.65. The second-order valence-electron chi connectivity index (χ2n) is 7.37. The summed E-state index contributed by atoms with van der Waals surface area (Å²) >= 11 is 0.689. The van der Waals surface area contributed by atoms with Gasteiger partial charge in [0.25, 0.3) is 11.8 Å². The number of nitrogens with zero attached hydrogens (tertiary/aromatic N) is 5. The quantitative estimate of drug-likeness (QED) is 0.421. The molecule has 0 atom stereocenters. The summed E-state index contributed by atoms with van der Waals surface area (Å²) in [6.45, 7) is 6.23. The second kappa shape index (κ2) is 8.56. The molecule has 4 heterocycles. The van der Waals surface area contributed by atoms with Crippen LogP contribution in [0.15, 0.2) is 24.5 Å². The summed E-state index contributed by atoms with van der Waals surface area (Å²) in [5, 5.41) is 11.2. The monoisotopic (exact) mass is 491 g/mol. The predicted octanol–water partition coefficient (Wildman–Crippen LogP) is 4.07. The van der Waals surface area contributed by atoms with Gasteiger partial charge < -0.3 is 11.1 Å². The first-order valence-electron chi connectivity index (χ1n) is 10.3. The Morgan fingerprint density at radius 3 is 2.53 bits per heavy atom. The van der Waals surface area contributed by atoms with E-state index in [1.165, 1.54) is 16.9 Å². The first kappa shape index (κ1) is 23.4. The number of anilines is 1. The normalized spacial score (nSPS) is 11.8. The van der Waals surface area contributed by atoms with Gasteiger partial charge in [-0.1, -0.05) is 0 Å². The van der Waals surface area contributed by atoms with Crippen LogP contribution in [0, 0.1) is 6.92 Å². The topological polar surface area (TPSA) is 121 Å². The standard InChI is InChI=1S/C21H20F3N7O2S/c1-4-30-9-12(10(3)29-30)11-8-14(21(22,23)24)27-20-15(11)16(17(34-20)18(25)32)28-19(33)13-6-7-26-31(13)5-2/h6-9H,4-5H2,1-3H3,(H2,25,32)(H,28,33). The van der Waals surface area contributed by atoms with Crippen molar-refractivity contribution in [2.75, 3.05) is 5.32 Å². The third kappa shape index (κ3) is 4.02. The van der Waals surface area contributed by atoms with Gasteiger partial charge in [-0.2, -0.15) is 23.4 Å². The van der Waals surface area contributed by atoms with Crippen molar-refractivity contribution in [3.8, 4) is 11.1 Å². The maximum Gasteiger partial charge on any atom is 0.433 e. The van der Waals surface area contributed by atoms with Crippen LogP contribution in [0.2, 0.25) is 0 Å². The summed E-state index contributed by atoms with van der Waals surface area (Å²) in [5.74, 6) is -1.49. The van der Waals surface area contributed by atoms with Crippen molar-refractivity contribution in [1.82, 2.24) is 24.5 Å². The van der Waals surface area contributed by atoms with E-state index in [1.54, 1.807) is 24.7 Å². The average Bonchev–Trinajstić information content (AvgIpc) is 3.49.